The highest BCUT2D eigenvalue weighted by Crippen LogP contribution is 2.65. The van der Waals surface area contributed by atoms with E-state index in [2.05, 4.69) is 267 Å². The fraction of sp³-hybridized carbons (Fsp3) is 0.0704. The summed E-state index contributed by atoms with van der Waals surface area (Å²) in [7, 11) is 0. The molecule has 0 unspecified atom stereocenters. The third kappa shape index (κ3) is 5.25. The summed E-state index contributed by atoms with van der Waals surface area (Å²) in [6.07, 6.45) is 0. The maximum atomic E-state index is 6.74. The topological polar surface area (TPSA) is 21.7 Å². The lowest BCUT2D eigenvalue weighted by Crippen LogP contribution is -2.32. The first-order valence-corrected chi connectivity index (χ1v) is 25.8. The minimum Gasteiger partial charge on any atom is -0.457 e. The van der Waals surface area contributed by atoms with Gasteiger partial charge in [-0.2, -0.15) is 0 Å². The first kappa shape index (κ1) is 41.4. The molecule has 0 aromatic heterocycles. The molecule has 0 saturated carbocycles. The van der Waals surface area contributed by atoms with Crippen LogP contribution in [0.5, 0.6) is 23.0 Å². The molecular formula is C71H47NO2. The van der Waals surface area contributed by atoms with Crippen LogP contribution in [0.1, 0.15) is 69.5 Å². The largest absolute Gasteiger partial charge is 0.457 e. The molecule has 0 fully saturated rings. The summed E-state index contributed by atoms with van der Waals surface area (Å²) in [5, 5.41) is 0. The number of benzene rings is 11. The van der Waals surface area contributed by atoms with Crippen molar-refractivity contribution >= 4 is 17.1 Å². The number of rotatable bonds is 4. The van der Waals surface area contributed by atoms with Gasteiger partial charge in [0.15, 0.2) is 0 Å². The van der Waals surface area contributed by atoms with Crippen molar-refractivity contribution in [1.82, 2.24) is 0 Å². The fourth-order valence-corrected chi connectivity index (χ4v) is 14.2. The fourth-order valence-electron chi connectivity index (χ4n) is 14.2. The van der Waals surface area contributed by atoms with Crippen LogP contribution >= 0.6 is 0 Å². The highest BCUT2D eigenvalue weighted by atomic mass is 16.5. The molecule has 16 rings (SSSR count). The summed E-state index contributed by atoms with van der Waals surface area (Å²) in [6.45, 7) is 4.75. The molecule has 2 heterocycles. The minimum atomic E-state index is -0.597. The van der Waals surface area contributed by atoms with E-state index < -0.39 is 10.8 Å². The van der Waals surface area contributed by atoms with E-state index >= 15 is 0 Å². The summed E-state index contributed by atoms with van der Waals surface area (Å²) in [5.41, 5.74) is 24.3. The highest BCUT2D eigenvalue weighted by molar-refractivity contribution is 5.99. The van der Waals surface area contributed by atoms with Gasteiger partial charge in [0.2, 0.25) is 0 Å². The summed E-state index contributed by atoms with van der Waals surface area (Å²) < 4.78 is 13.4. The van der Waals surface area contributed by atoms with E-state index in [-0.39, 0.29) is 5.41 Å². The number of hydrogen-bond acceptors (Lipinski definition) is 3. The zero-order valence-electron chi connectivity index (χ0n) is 40.9. The van der Waals surface area contributed by atoms with Gasteiger partial charge in [0.25, 0.3) is 0 Å². The van der Waals surface area contributed by atoms with E-state index in [0.29, 0.717) is 0 Å². The van der Waals surface area contributed by atoms with Gasteiger partial charge in [0, 0.05) is 44.6 Å². The zero-order chi connectivity index (χ0) is 48.9. The van der Waals surface area contributed by atoms with Crippen LogP contribution in [0, 0.1) is 0 Å². The van der Waals surface area contributed by atoms with Gasteiger partial charge >= 0.3 is 0 Å². The van der Waals surface area contributed by atoms with E-state index in [9.17, 15) is 0 Å². The monoisotopic (exact) mass is 945 g/mol. The van der Waals surface area contributed by atoms with Crippen molar-refractivity contribution in [2.75, 3.05) is 4.90 Å². The SMILES string of the molecule is CC1(C)c2ccccc2-c2ccc(N(c3ccc(-c4ccc5c(c4)C4(c6ccccc6Oc6ccccc64)c4ccccc4-5)cc3)c3cccc4c3-c3ccccc3C43c4ccccc4Oc4ccccc43)cc21. The molecule has 5 aliphatic rings. The second kappa shape index (κ2) is 14.9. The van der Waals surface area contributed by atoms with Gasteiger partial charge in [0.1, 0.15) is 23.0 Å². The van der Waals surface area contributed by atoms with Crippen LogP contribution < -0.4 is 14.4 Å². The van der Waals surface area contributed by atoms with Gasteiger partial charge < -0.3 is 14.4 Å². The van der Waals surface area contributed by atoms with Crippen LogP contribution in [-0.4, -0.2) is 0 Å². The first-order valence-electron chi connectivity index (χ1n) is 25.8. The predicted molar refractivity (Wildman–Crippen MR) is 299 cm³/mol. The second-order valence-corrected chi connectivity index (χ2v) is 21.0. The molecule has 0 bridgehead atoms. The Hall–Kier alpha value is -9.18. The van der Waals surface area contributed by atoms with Crippen LogP contribution in [-0.2, 0) is 16.2 Å². The summed E-state index contributed by atoms with van der Waals surface area (Å²) in [4.78, 5) is 2.51. The Bertz CT molecular complexity index is 4110. The van der Waals surface area contributed by atoms with Crippen LogP contribution in [0.2, 0.25) is 0 Å². The smallest absolute Gasteiger partial charge is 0.132 e. The Balaban J connectivity index is 0.903. The molecule has 3 heteroatoms. The number of nitrogens with zero attached hydrogens (tertiary/aromatic N) is 1. The van der Waals surface area contributed by atoms with Crippen molar-refractivity contribution in [2.24, 2.45) is 0 Å². The van der Waals surface area contributed by atoms with E-state index in [1.165, 1.54) is 83.5 Å². The van der Waals surface area contributed by atoms with Gasteiger partial charge in [0.05, 0.1) is 16.5 Å². The molecule has 3 nitrogen and oxygen atoms in total. The lowest BCUT2D eigenvalue weighted by molar-refractivity contribution is 0.436. The lowest BCUT2D eigenvalue weighted by Gasteiger charge is -2.39. The molecule has 2 aliphatic heterocycles. The molecule has 0 N–H and O–H groups in total. The highest BCUT2D eigenvalue weighted by Gasteiger charge is 2.53. The molecule has 348 valence electrons. The van der Waals surface area contributed by atoms with Crippen LogP contribution in [0.4, 0.5) is 17.1 Å². The zero-order valence-corrected chi connectivity index (χ0v) is 40.9. The number of para-hydroxylation sites is 4. The number of ether oxygens (including phenoxy) is 2. The van der Waals surface area contributed by atoms with Crippen molar-refractivity contribution in [3.8, 4) is 67.5 Å². The van der Waals surface area contributed by atoms with Gasteiger partial charge in [-0.15, -0.1) is 0 Å². The first-order chi connectivity index (χ1) is 36.5. The summed E-state index contributed by atoms with van der Waals surface area (Å²) in [5.74, 6) is 3.57. The second-order valence-electron chi connectivity index (χ2n) is 21.0. The van der Waals surface area contributed by atoms with Crippen LogP contribution in [0.3, 0.4) is 0 Å². The van der Waals surface area contributed by atoms with Crippen molar-refractivity contribution in [1.29, 1.82) is 0 Å². The van der Waals surface area contributed by atoms with Crippen molar-refractivity contribution in [2.45, 2.75) is 30.1 Å². The molecule has 0 amide bonds. The maximum Gasteiger partial charge on any atom is 0.132 e. The van der Waals surface area contributed by atoms with Gasteiger partial charge in [-0.05, 0) is 133 Å². The molecule has 11 aromatic rings. The Morgan fingerprint density at radius 1 is 0.284 bits per heavy atom. The molecule has 74 heavy (non-hydrogen) atoms. The average Bonchev–Trinajstić information content (AvgIpc) is 4.09. The maximum absolute atomic E-state index is 6.74. The molecule has 0 radical (unpaired) electrons. The van der Waals surface area contributed by atoms with Gasteiger partial charge in [-0.25, -0.2) is 0 Å². The van der Waals surface area contributed by atoms with Gasteiger partial charge in [-0.1, -0.05) is 202 Å². The Labute approximate surface area is 431 Å². The van der Waals surface area contributed by atoms with Crippen molar-refractivity contribution in [3.63, 3.8) is 0 Å². The average molecular weight is 946 g/mol. The quantitative estimate of drug-likeness (QED) is 0.175. The molecule has 0 atom stereocenters. The minimum absolute atomic E-state index is 0.182. The van der Waals surface area contributed by atoms with Crippen molar-refractivity contribution < 1.29 is 9.47 Å². The van der Waals surface area contributed by atoms with E-state index in [1.807, 2.05) is 0 Å². The summed E-state index contributed by atoms with van der Waals surface area (Å²) >= 11 is 0. The molecule has 0 saturated heterocycles. The normalized spacial score (nSPS) is 15.2. The number of hydrogen-bond donors (Lipinski definition) is 0. The number of anilines is 3. The van der Waals surface area contributed by atoms with Crippen LogP contribution in [0.25, 0.3) is 44.5 Å². The van der Waals surface area contributed by atoms with Gasteiger partial charge in [-0.3, -0.25) is 0 Å². The Morgan fingerprint density at radius 2 is 0.689 bits per heavy atom. The third-order valence-electron chi connectivity index (χ3n) is 17.2. The predicted octanol–water partition coefficient (Wildman–Crippen LogP) is 18.1. The molecule has 11 aromatic carbocycles. The third-order valence-corrected chi connectivity index (χ3v) is 17.2. The van der Waals surface area contributed by atoms with Crippen molar-refractivity contribution in [3.05, 3.63) is 304 Å². The van der Waals surface area contributed by atoms with E-state index in [4.69, 9.17) is 9.47 Å². The molecular weight excluding hydrogens is 899 g/mol. The van der Waals surface area contributed by atoms with E-state index in [0.717, 1.165) is 56.8 Å². The van der Waals surface area contributed by atoms with E-state index in [1.54, 1.807) is 0 Å². The molecule has 3 aliphatic carbocycles. The number of fused-ring (bicyclic) bond motifs is 21. The lowest BCUT2D eigenvalue weighted by atomic mass is 9.66. The molecule has 2 spiro atoms. The Morgan fingerprint density at radius 3 is 1.28 bits per heavy atom. The summed E-state index contributed by atoms with van der Waals surface area (Å²) in [6, 6.07) is 91.9. The Kier molecular flexibility index (Phi) is 8.37. The standard InChI is InChI=1S/C71H47NO2/c1-69(2)53-21-6-3-18-48(53)50-41-39-47(43-61(50)69)72(63-29-17-28-60-68(63)52-20-5-8-23-55(52)70(60)56-24-9-13-30-64(56)73-65-31-14-10-25-57(65)70)46-37-34-44(35-38-46)45-36-40-51-49-19-4-7-22-54(49)71(62(51)42-45)58-26-11-15-32-66(58)74-67-33-16-12-27-59(67)71/h3-43H,1-2H3. The van der Waals surface area contributed by atoms with Crippen LogP contribution in [0.15, 0.2) is 249 Å².